The standard InChI is InChI=1S/C12H16N2O3S2/c1-2-5-14-9-6-19(16,17)7-10(9)18-12(14)13-11(15)8-3-4-8/h2,8-10H,1,3-7H2/t9-,10-/m0/s1. The van der Waals surface area contributed by atoms with Crippen molar-refractivity contribution in [3.63, 3.8) is 0 Å². The summed E-state index contributed by atoms with van der Waals surface area (Å²) in [6.07, 6.45) is 3.59. The van der Waals surface area contributed by atoms with Gasteiger partial charge in [-0.15, -0.1) is 6.58 Å². The maximum atomic E-state index is 11.8. The summed E-state index contributed by atoms with van der Waals surface area (Å²) in [6.45, 7) is 4.24. The Balaban J connectivity index is 1.83. The lowest BCUT2D eigenvalue weighted by molar-refractivity contribution is -0.118. The minimum atomic E-state index is -2.95. The Morgan fingerprint density at radius 1 is 1.47 bits per heavy atom. The lowest BCUT2D eigenvalue weighted by Gasteiger charge is -2.22. The van der Waals surface area contributed by atoms with Crippen LogP contribution in [0.4, 0.5) is 0 Å². The number of amides is 1. The van der Waals surface area contributed by atoms with Gasteiger partial charge in [0.2, 0.25) is 0 Å². The minimum Gasteiger partial charge on any atom is -0.342 e. The summed E-state index contributed by atoms with van der Waals surface area (Å²) in [6, 6.07) is -0.0567. The lowest BCUT2D eigenvalue weighted by Crippen LogP contribution is -2.37. The molecular weight excluding hydrogens is 284 g/mol. The van der Waals surface area contributed by atoms with Gasteiger partial charge in [0.05, 0.1) is 17.5 Å². The van der Waals surface area contributed by atoms with Gasteiger partial charge in [-0.3, -0.25) is 4.79 Å². The quantitative estimate of drug-likeness (QED) is 0.717. The number of aliphatic imine (C=N–C) groups is 1. The van der Waals surface area contributed by atoms with Gasteiger partial charge in [0.25, 0.3) is 5.91 Å². The van der Waals surface area contributed by atoms with Gasteiger partial charge in [-0.05, 0) is 12.8 Å². The largest absolute Gasteiger partial charge is 0.342 e. The molecule has 3 rings (SSSR count). The Kier molecular flexibility index (Phi) is 3.21. The highest BCUT2D eigenvalue weighted by atomic mass is 32.2. The van der Waals surface area contributed by atoms with Crippen LogP contribution in [0, 0.1) is 5.92 Å². The van der Waals surface area contributed by atoms with E-state index < -0.39 is 9.84 Å². The number of thioether (sulfide) groups is 1. The third kappa shape index (κ3) is 2.58. The highest BCUT2D eigenvalue weighted by Gasteiger charge is 2.48. The molecule has 1 aliphatic carbocycles. The SMILES string of the molecule is C=CCN1C(=NC(=O)C2CC2)S[C@H]2CS(=O)(=O)C[C@@H]21. The van der Waals surface area contributed by atoms with Crippen molar-refractivity contribution in [3.05, 3.63) is 12.7 Å². The van der Waals surface area contributed by atoms with Crippen LogP contribution in [0.15, 0.2) is 17.6 Å². The van der Waals surface area contributed by atoms with Crippen LogP contribution in [-0.4, -0.2) is 53.7 Å². The van der Waals surface area contributed by atoms with Crippen molar-refractivity contribution in [3.8, 4) is 0 Å². The van der Waals surface area contributed by atoms with Crippen LogP contribution in [-0.2, 0) is 14.6 Å². The molecular formula is C12H16N2O3S2. The van der Waals surface area contributed by atoms with Crippen LogP contribution in [0.2, 0.25) is 0 Å². The van der Waals surface area contributed by atoms with Crippen molar-refractivity contribution in [2.45, 2.75) is 24.1 Å². The Hall–Kier alpha value is -0.820. The first-order chi connectivity index (χ1) is 9.00. The zero-order chi connectivity index (χ0) is 13.6. The second kappa shape index (κ2) is 4.63. The molecule has 0 aromatic rings. The molecule has 3 fully saturated rings. The molecule has 0 aromatic carbocycles. The van der Waals surface area contributed by atoms with Gasteiger partial charge in [0.1, 0.15) is 0 Å². The fourth-order valence-electron chi connectivity index (χ4n) is 2.50. The Morgan fingerprint density at radius 3 is 2.84 bits per heavy atom. The van der Waals surface area contributed by atoms with E-state index in [2.05, 4.69) is 11.6 Å². The molecule has 7 heteroatoms. The Bertz CT molecular complexity index is 551. The fraction of sp³-hybridized carbons (Fsp3) is 0.667. The van der Waals surface area contributed by atoms with E-state index in [-0.39, 0.29) is 34.6 Å². The molecule has 5 nitrogen and oxygen atoms in total. The minimum absolute atomic E-state index is 0.00991. The molecule has 2 atom stereocenters. The first kappa shape index (κ1) is 13.2. The molecule has 0 unspecified atom stereocenters. The van der Waals surface area contributed by atoms with Crippen molar-refractivity contribution < 1.29 is 13.2 Å². The number of fused-ring (bicyclic) bond motifs is 1. The average Bonchev–Trinajstić information content (AvgIpc) is 3.06. The van der Waals surface area contributed by atoms with E-state index in [1.807, 2.05) is 4.90 Å². The van der Waals surface area contributed by atoms with E-state index in [9.17, 15) is 13.2 Å². The van der Waals surface area contributed by atoms with E-state index in [4.69, 9.17) is 0 Å². The van der Waals surface area contributed by atoms with Crippen molar-refractivity contribution in [1.29, 1.82) is 0 Å². The second-order valence-corrected chi connectivity index (χ2v) is 8.61. The zero-order valence-corrected chi connectivity index (χ0v) is 12.1. The van der Waals surface area contributed by atoms with Gasteiger partial charge in [0, 0.05) is 17.7 Å². The molecule has 1 amide bonds. The molecule has 2 aliphatic heterocycles. The molecule has 19 heavy (non-hydrogen) atoms. The van der Waals surface area contributed by atoms with Gasteiger partial charge in [0.15, 0.2) is 15.0 Å². The van der Waals surface area contributed by atoms with Crippen LogP contribution >= 0.6 is 11.8 Å². The summed E-state index contributed by atoms with van der Waals surface area (Å²) < 4.78 is 23.3. The molecule has 2 saturated heterocycles. The highest BCUT2D eigenvalue weighted by Crippen LogP contribution is 2.39. The summed E-state index contributed by atoms with van der Waals surface area (Å²) in [5.41, 5.74) is 0. The summed E-state index contributed by atoms with van der Waals surface area (Å²) >= 11 is 1.43. The number of hydrogen-bond acceptors (Lipinski definition) is 4. The van der Waals surface area contributed by atoms with Crippen molar-refractivity contribution in [1.82, 2.24) is 4.90 Å². The maximum absolute atomic E-state index is 11.8. The molecule has 3 aliphatic rings. The number of rotatable bonds is 3. The molecule has 1 saturated carbocycles. The van der Waals surface area contributed by atoms with E-state index in [1.165, 1.54) is 11.8 Å². The summed E-state index contributed by atoms with van der Waals surface area (Å²) in [7, 11) is -2.95. The van der Waals surface area contributed by atoms with E-state index in [1.54, 1.807) is 6.08 Å². The summed E-state index contributed by atoms with van der Waals surface area (Å²) in [4.78, 5) is 17.9. The second-order valence-electron chi connectivity index (χ2n) is 5.25. The third-order valence-electron chi connectivity index (χ3n) is 3.63. The molecule has 0 radical (unpaired) electrons. The zero-order valence-electron chi connectivity index (χ0n) is 10.5. The third-order valence-corrected chi connectivity index (χ3v) is 6.88. The van der Waals surface area contributed by atoms with Crippen LogP contribution in [0.3, 0.4) is 0 Å². The number of amidine groups is 1. The molecule has 104 valence electrons. The Labute approximate surface area is 117 Å². The van der Waals surface area contributed by atoms with E-state index in [0.29, 0.717) is 11.7 Å². The van der Waals surface area contributed by atoms with E-state index in [0.717, 1.165) is 12.8 Å². The number of nitrogens with zero attached hydrogens (tertiary/aromatic N) is 2. The number of carbonyl (C=O) groups excluding carboxylic acids is 1. The molecule has 0 bridgehead atoms. The average molecular weight is 300 g/mol. The van der Waals surface area contributed by atoms with Gasteiger partial charge in [-0.25, -0.2) is 8.42 Å². The van der Waals surface area contributed by atoms with Crippen molar-refractivity contribution >= 4 is 32.7 Å². The van der Waals surface area contributed by atoms with E-state index >= 15 is 0 Å². The lowest BCUT2D eigenvalue weighted by atomic mass is 10.2. The van der Waals surface area contributed by atoms with Crippen LogP contribution in [0.5, 0.6) is 0 Å². The Morgan fingerprint density at radius 2 is 2.21 bits per heavy atom. The maximum Gasteiger partial charge on any atom is 0.251 e. The summed E-state index contributed by atoms with van der Waals surface area (Å²) in [5.74, 6) is 0.393. The van der Waals surface area contributed by atoms with Gasteiger partial charge >= 0.3 is 0 Å². The first-order valence-electron chi connectivity index (χ1n) is 6.37. The monoisotopic (exact) mass is 300 g/mol. The van der Waals surface area contributed by atoms with Crippen molar-refractivity contribution in [2.75, 3.05) is 18.1 Å². The first-order valence-corrected chi connectivity index (χ1v) is 9.07. The number of sulfone groups is 1. The van der Waals surface area contributed by atoms with Gasteiger partial charge in [-0.2, -0.15) is 4.99 Å². The summed E-state index contributed by atoms with van der Waals surface area (Å²) in [5, 5.41) is 0.692. The topological polar surface area (TPSA) is 66.8 Å². The predicted octanol–water partition coefficient (Wildman–Crippen LogP) is 0.679. The van der Waals surface area contributed by atoms with Crippen LogP contribution in [0.1, 0.15) is 12.8 Å². The molecule has 0 spiro atoms. The number of carbonyl (C=O) groups is 1. The molecule has 0 aromatic heterocycles. The van der Waals surface area contributed by atoms with Gasteiger partial charge in [-0.1, -0.05) is 17.8 Å². The predicted molar refractivity (Wildman–Crippen MR) is 75.9 cm³/mol. The highest BCUT2D eigenvalue weighted by molar-refractivity contribution is 8.15. The normalized spacial score (nSPS) is 34.5. The van der Waals surface area contributed by atoms with Crippen LogP contribution in [0.25, 0.3) is 0 Å². The number of hydrogen-bond donors (Lipinski definition) is 0. The van der Waals surface area contributed by atoms with Crippen LogP contribution < -0.4 is 0 Å². The van der Waals surface area contributed by atoms with Crippen molar-refractivity contribution in [2.24, 2.45) is 10.9 Å². The fourth-order valence-corrected chi connectivity index (χ4v) is 6.47. The smallest absolute Gasteiger partial charge is 0.251 e. The van der Waals surface area contributed by atoms with Gasteiger partial charge < -0.3 is 4.90 Å². The molecule has 0 N–H and O–H groups in total. The molecule has 2 heterocycles.